The molecule has 1 aromatic rings. The number of likely N-dealkylation sites (tertiary alicyclic amines) is 1. The van der Waals surface area contributed by atoms with Crippen molar-refractivity contribution in [3.05, 3.63) is 30.1 Å². The average Bonchev–Trinajstić information content (AvgIpc) is 2.46. The van der Waals surface area contributed by atoms with Crippen LogP contribution < -0.4 is 4.74 Å². The van der Waals surface area contributed by atoms with Gasteiger partial charge in [-0.15, -0.1) is 0 Å². The lowest BCUT2D eigenvalue weighted by molar-refractivity contribution is -0.135. The lowest BCUT2D eigenvalue weighted by atomic mass is 9.96. The zero-order valence-corrected chi connectivity index (χ0v) is 12.3. The standard InChI is InChI=1S/C16H22FNO3/c1-12-7-8-18(11-15(12)19)16(20)6-3-9-21-14-5-2-4-13(17)10-14/h2,4-5,10,12,15,19H,3,6-9,11H2,1H3. The highest BCUT2D eigenvalue weighted by Gasteiger charge is 2.26. The predicted molar refractivity (Wildman–Crippen MR) is 77.5 cm³/mol. The molecule has 0 bridgehead atoms. The van der Waals surface area contributed by atoms with E-state index >= 15 is 0 Å². The molecule has 1 N–H and O–H groups in total. The van der Waals surface area contributed by atoms with Gasteiger partial charge in [0.2, 0.25) is 5.91 Å². The van der Waals surface area contributed by atoms with E-state index in [2.05, 4.69) is 0 Å². The van der Waals surface area contributed by atoms with Gasteiger partial charge in [-0.25, -0.2) is 4.39 Å². The number of carbonyl (C=O) groups is 1. The van der Waals surface area contributed by atoms with Crippen LogP contribution in [0.1, 0.15) is 26.2 Å². The summed E-state index contributed by atoms with van der Waals surface area (Å²) in [7, 11) is 0. The number of piperidine rings is 1. The van der Waals surface area contributed by atoms with Crippen LogP contribution in [0.5, 0.6) is 5.75 Å². The molecule has 116 valence electrons. The Bertz CT molecular complexity index is 480. The van der Waals surface area contributed by atoms with E-state index in [1.54, 1.807) is 17.0 Å². The van der Waals surface area contributed by atoms with Crippen LogP contribution >= 0.6 is 0 Å². The van der Waals surface area contributed by atoms with E-state index in [1.807, 2.05) is 6.92 Å². The van der Waals surface area contributed by atoms with E-state index in [0.29, 0.717) is 38.3 Å². The van der Waals surface area contributed by atoms with Gasteiger partial charge in [-0.2, -0.15) is 0 Å². The Labute approximate surface area is 124 Å². The molecule has 1 amide bonds. The summed E-state index contributed by atoms with van der Waals surface area (Å²) in [5.74, 6) is 0.443. The third-order valence-electron chi connectivity index (χ3n) is 3.87. The quantitative estimate of drug-likeness (QED) is 0.847. The van der Waals surface area contributed by atoms with Crippen LogP contribution in [0.15, 0.2) is 24.3 Å². The molecule has 1 fully saturated rings. The molecule has 1 heterocycles. The second-order valence-corrected chi connectivity index (χ2v) is 5.58. The summed E-state index contributed by atoms with van der Waals surface area (Å²) in [5, 5.41) is 9.79. The fraction of sp³-hybridized carbons (Fsp3) is 0.562. The van der Waals surface area contributed by atoms with Crippen molar-refractivity contribution < 1.29 is 19.0 Å². The third-order valence-corrected chi connectivity index (χ3v) is 3.87. The number of carbonyl (C=O) groups excluding carboxylic acids is 1. The van der Waals surface area contributed by atoms with Gasteiger partial charge >= 0.3 is 0 Å². The monoisotopic (exact) mass is 295 g/mol. The highest BCUT2D eigenvalue weighted by molar-refractivity contribution is 5.76. The molecule has 1 aromatic carbocycles. The van der Waals surface area contributed by atoms with Crippen LogP contribution in [0, 0.1) is 11.7 Å². The highest BCUT2D eigenvalue weighted by Crippen LogP contribution is 2.18. The number of nitrogens with zero attached hydrogens (tertiary/aromatic N) is 1. The fourth-order valence-corrected chi connectivity index (χ4v) is 2.40. The minimum absolute atomic E-state index is 0.0452. The third kappa shape index (κ3) is 4.70. The van der Waals surface area contributed by atoms with Crippen LogP contribution in [-0.4, -0.2) is 41.7 Å². The maximum Gasteiger partial charge on any atom is 0.222 e. The topological polar surface area (TPSA) is 49.8 Å². The summed E-state index contributed by atoms with van der Waals surface area (Å²) in [4.78, 5) is 13.7. The first-order chi connectivity index (χ1) is 10.1. The number of amides is 1. The van der Waals surface area contributed by atoms with E-state index in [9.17, 15) is 14.3 Å². The molecule has 1 aliphatic heterocycles. The van der Waals surface area contributed by atoms with Crippen LogP contribution in [0.4, 0.5) is 4.39 Å². The molecule has 1 saturated heterocycles. The maximum absolute atomic E-state index is 13.0. The summed E-state index contributed by atoms with van der Waals surface area (Å²) >= 11 is 0. The van der Waals surface area contributed by atoms with Crippen molar-refractivity contribution in [3.63, 3.8) is 0 Å². The molecule has 21 heavy (non-hydrogen) atoms. The summed E-state index contributed by atoms with van der Waals surface area (Å²) in [6.07, 6.45) is 1.38. The van der Waals surface area contributed by atoms with Gasteiger partial charge < -0.3 is 14.7 Å². The summed E-state index contributed by atoms with van der Waals surface area (Å²) < 4.78 is 18.4. The van der Waals surface area contributed by atoms with Crippen molar-refractivity contribution in [2.24, 2.45) is 5.92 Å². The summed E-state index contributed by atoms with van der Waals surface area (Å²) in [6.45, 7) is 3.51. The Morgan fingerprint density at radius 1 is 1.52 bits per heavy atom. The van der Waals surface area contributed by atoms with Gasteiger partial charge in [0.05, 0.1) is 12.7 Å². The number of halogens is 1. The van der Waals surface area contributed by atoms with Gasteiger partial charge in [0.25, 0.3) is 0 Å². The van der Waals surface area contributed by atoms with Gasteiger partial charge in [-0.1, -0.05) is 13.0 Å². The molecule has 0 spiro atoms. The molecule has 2 atom stereocenters. The Kier molecular flexibility index (Phi) is 5.56. The van der Waals surface area contributed by atoms with Crippen molar-refractivity contribution in [2.45, 2.75) is 32.3 Å². The Morgan fingerprint density at radius 2 is 2.33 bits per heavy atom. The van der Waals surface area contributed by atoms with Gasteiger partial charge in [-0.3, -0.25) is 4.79 Å². The largest absolute Gasteiger partial charge is 0.493 e. The molecular formula is C16H22FNO3. The Hall–Kier alpha value is -1.62. The van der Waals surface area contributed by atoms with Crippen molar-refractivity contribution >= 4 is 5.91 Å². The van der Waals surface area contributed by atoms with E-state index in [1.165, 1.54) is 12.1 Å². The number of ether oxygens (including phenoxy) is 1. The van der Waals surface area contributed by atoms with Gasteiger partial charge in [0, 0.05) is 25.6 Å². The number of aliphatic hydroxyl groups is 1. The molecule has 2 rings (SSSR count). The highest BCUT2D eigenvalue weighted by atomic mass is 19.1. The van der Waals surface area contributed by atoms with Crippen LogP contribution in [0.25, 0.3) is 0 Å². The first kappa shape index (κ1) is 15.8. The van der Waals surface area contributed by atoms with Crippen molar-refractivity contribution in [3.8, 4) is 5.75 Å². The predicted octanol–water partition coefficient (Wildman–Crippen LogP) is 2.21. The van der Waals surface area contributed by atoms with E-state index < -0.39 is 6.10 Å². The summed E-state index contributed by atoms with van der Waals surface area (Å²) in [5.41, 5.74) is 0. The molecule has 1 aliphatic rings. The molecule has 4 nitrogen and oxygen atoms in total. The lowest BCUT2D eigenvalue weighted by Crippen LogP contribution is -2.45. The van der Waals surface area contributed by atoms with Crippen LogP contribution in [0.2, 0.25) is 0 Å². The number of benzene rings is 1. The minimum atomic E-state index is -0.425. The molecular weight excluding hydrogens is 273 g/mol. The molecule has 2 unspecified atom stereocenters. The van der Waals surface area contributed by atoms with Crippen LogP contribution in [0.3, 0.4) is 0 Å². The Balaban J connectivity index is 1.67. The fourth-order valence-electron chi connectivity index (χ4n) is 2.40. The Morgan fingerprint density at radius 3 is 3.05 bits per heavy atom. The maximum atomic E-state index is 13.0. The molecule has 0 aliphatic carbocycles. The van der Waals surface area contributed by atoms with E-state index in [-0.39, 0.29) is 17.6 Å². The van der Waals surface area contributed by atoms with Crippen molar-refractivity contribution in [1.29, 1.82) is 0 Å². The first-order valence-electron chi connectivity index (χ1n) is 7.40. The number of rotatable bonds is 5. The average molecular weight is 295 g/mol. The summed E-state index contributed by atoms with van der Waals surface area (Å²) in [6, 6.07) is 5.96. The number of hydrogen-bond acceptors (Lipinski definition) is 3. The number of hydrogen-bond donors (Lipinski definition) is 1. The SMILES string of the molecule is CC1CCN(C(=O)CCCOc2cccc(F)c2)CC1O. The van der Waals surface area contributed by atoms with Gasteiger partial charge in [0.15, 0.2) is 0 Å². The zero-order chi connectivity index (χ0) is 15.2. The van der Waals surface area contributed by atoms with Gasteiger partial charge in [-0.05, 0) is 30.9 Å². The zero-order valence-electron chi connectivity index (χ0n) is 12.3. The molecule has 0 radical (unpaired) electrons. The number of aliphatic hydroxyl groups excluding tert-OH is 1. The second kappa shape index (κ2) is 7.41. The van der Waals surface area contributed by atoms with E-state index in [0.717, 1.165) is 6.42 Å². The van der Waals surface area contributed by atoms with E-state index in [4.69, 9.17) is 4.74 Å². The van der Waals surface area contributed by atoms with Gasteiger partial charge in [0.1, 0.15) is 11.6 Å². The molecule has 0 aromatic heterocycles. The smallest absolute Gasteiger partial charge is 0.222 e. The number of β-amino-alcohol motifs (C(OH)–C–C–N with tert-alkyl or cyclic N) is 1. The van der Waals surface area contributed by atoms with Crippen molar-refractivity contribution in [1.82, 2.24) is 4.90 Å². The minimum Gasteiger partial charge on any atom is -0.493 e. The first-order valence-corrected chi connectivity index (χ1v) is 7.40. The van der Waals surface area contributed by atoms with Crippen molar-refractivity contribution in [2.75, 3.05) is 19.7 Å². The van der Waals surface area contributed by atoms with Crippen LogP contribution in [-0.2, 0) is 4.79 Å². The molecule has 5 heteroatoms. The lowest BCUT2D eigenvalue weighted by Gasteiger charge is -2.34. The molecule has 0 saturated carbocycles. The second-order valence-electron chi connectivity index (χ2n) is 5.58. The normalized spacial score (nSPS) is 22.1.